The standard InChI is InChI=1S/C18H18Cl2N4O2/c1-23-4-6-24(7-5-23)18(26)16-8-12(2-3-21-16)17(25)22-15-10-13(19)9-14(20)11-15/h2-3,8-11H,4-7H2,1H3,(H,22,25). The summed E-state index contributed by atoms with van der Waals surface area (Å²) in [6.07, 6.45) is 1.46. The molecule has 6 nitrogen and oxygen atoms in total. The summed E-state index contributed by atoms with van der Waals surface area (Å²) in [6.45, 7) is 2.94. The number of amides is 2. The summed E-state index contributed by atoms with van der Waals surface area (Å²) in [7, 11) is 2.02. The van der Waals surface area contributed by atoms with Gasteiger partial charge in [-0.3, -0.25) is 14.6 Å². The molecule has 0 unspecified atom stereocenters. The number of anilines is 1. The number of halogens is 2. The van der Waals surface area contributed by atoms with Crippen LogP contribution >= 0.6 is 23.2 Å². The van der Waals surface area contributed by atoms with Crippen molar-refractivity contribution in [2.75, 3.05) is 38.5 Å². The van der Waals surface area contributed by atoms with E-state index >= 15 is 0 Å². The summed E-state index contributed by atoms with van der Waals surface area (Å²) in [5, 5.41) is 3.57. The number of nitrogens with one attached hydrogen (secondary N) is 1. The van der Waals surface area contributed by atoms with Crippen LogP contribution in [0.1, 0.15) is 20.8 Å². The van der Waals surface area contributed by atoms with Gasteiger partial charge < -0.3 is 15.1 Å². The fourth-order valence-corrected chi connectivity index (χ4v) is 3.22. The van der Waals surface area contributed by atoms with Crippen molar-refractivity contribution < 1.29 is 9.59 Å². The summed E-state index contributed by atoms with van der Waals surface area (Å²) in [5.41, 5.74) is 1.08. The maximum absolute atomic E-state index is 12.6. The molecule has 2 heterocycles. The van der Waals surface area contributed by atoms with Crippen molar-refractivity contribution in [2.24, 2.45) is 0 Å². The van der Waals surface area contributed by atoms with E-state index in [1.54, 1.807) is 29.2 Å². The average molecular weight is 393 g/mol. The number of carbonyl (C=O) groups excluding carboxylic acids is 2. The number of carbonyl (C=O) groups is 2. The third-order valence-electron chi connectivity index (χ3n) is 4.15. The van der Waals surface area contributed by atoms with Crippen LogP contribution in [0.4, 0.5) is 5.69 Å². The van der Waals surface area contributed by atoms with Gasteiger partial charge in [-0.1, -0.05) is 23.2 Å². The van der Waals surface area contributed by atoms with Crippen LogP contribution in [0.25, 0.3) is 0 Å². The lowest BCUT2D eigenvalue weighted by Crippen LogP contribution is -2.47. The normalized spacial score (nSPS) is 15.0. The molecule has 0 bridgehead atoms. The minimum absolute atomic E-state index is 0.168. The van der Waals surface area contributed by atoms with E-state index in [0.717, 1.165) is 13.1 Å². The molecule has 0 spiro atoms. The van der Waals surface area contributed by atoms with Crippen LogP contribution in [0.15, 0.2) is 36.5 Å². The first kappa shape index (κ1) is 18.6. The largest absolute Gasteiger partial charge is 0.335 e. The number of hydrogen-bond donors (Lipinski definition) is 1. The Kier molecular flexibility index (Phi) is 5.76. The number of rotatable bonds is 3. The molecule has 1 aliphatic heterocycles. The summed E-state index contributed by atoms with van der Waals surface area (Å²) in [6, 6.07) is 7.84. The van der Waals surface area contributed by atoms with Gasteiger partial charge in [0.1, 0.15) is 5.69 Å². The maximum Gasteiger partial charge on any atom is 0.272 e. The molecule has 1 aliphatic rings. The lowest BCUT2D eigenvalue weighted by atomic mass is 10.2. The smallest absolute Gasteiger partial charge is 0.272 e. The zero-order valence-corrected chi connectivity index (χ0v) is 15.7. The quantitative estimate of drug-likeness (QED) is 0.871. The van der Waals surface area contributed by atoms with E-state index in [2.05, 4.69) is 15.2 Å². The van der Waals surface area contributed by atoms with E-state index in [1.165, 1.54) is 12.3 Å². The molecule has 1 aromatic heterocycles. The van der Waals surface area contributed by atoms with Crippen molar-refractivity contribution in [1.82, 2.24) is 14.8 Å². The monoisotopic (exact) mass is 392 g/mol. The topological polar surface area (TPSA) is 65.5 Å². The second-order valence-corrected chi connectivity index (χ2v) is 7.01. The highest BCUT2D eigenvalue weighted by Crippen LogP contribution is 2.23. The van der Waals surface area contributed by atoms with Gasteiger partial charge in [0.25, 0.3) is 11.8 Å². The Morgan fingerprint density at radius 1 is 1.04 bits per heavy atom. The number of pyridine rings is 1. The molecule has 1 N–H and O–H groups in total. The third kappa shape index (κ3) is 4.52. The molecule has 0 saturated carbocycles. The minimum atomic E-state index is -0.363. The van der Waals surface area contributed by atoms with Gasteiger partial charge in [-0.05, 0) is 37.4 Å². The first-order valence-corrected chi connectivity index (χ1v) is 8.89. The van der Waals surface area contributed by atoms with Crippen LogP contribution < -0.4 is 5.32 Å². The maximum atomic E-state index is 12.6. The van der Waals surface area contributed by atoms with Crippen molar-refractivity contribution >= 4 is 40.7 Å². The van der Waals surface area contributed by atoms with Crippen molar-refractivity contribution in [2.45, 2.75) is 0 Å². The van der Waals surface area contributed by atoms with Crippen molar-refractivity contribution in [3.8, 4) is 0 Å². The molecule has 1 fully saturated rings. The first-order valence-electron chi connectivity index (χ1n) is 8.14. The number of likely N-dealkylation sites (N-methyl/N-ethyl adjacent to an activating group) is 1. The third-order valence-corrected chi connectivity index (χ3v) is 4.59. The molecule has 1 aromatic carbocycles. The van der Waals surface area contributed by atoms with Gasteiger partial charge in [-0.2, -0.15) is 0 Å². The number of piperazine rings is 1. The molecule has 26 heavy (non-hydrogen) atoms. The molecule has 2 amide bonds. The lowest BCUT2D eigenvalue weighted by Gasteiger charge is -2.32. The summed E-state index contributed by atoms with van der Waals surface area (Å²) >= 11 is 11.9. The Balaban J connectivity index is 1.74. The first-order chi connectivity index (χ1) is 12.4. The van der Waals surface area contributed by atoms with Gasteiger partial charge in [-0.25, -0.2) is 0 Å². The molecule has 3 rings (SSSR count). The van der Waals surface area contributed by atoms with Crippen LogP contribution in [0, 0.1) is 0 Å². The molecule has 0 aliphatic carbocycles. The highest BCUT2D eigenvalue weighted by atomic mass is 35.5. The van der Waals surface area contributed by atoms with Crippen molar-refractivity contribution in [3.05, 3.63) is 57.8 Å². The van der Waals surface area contributed by atoms with Gasteiger partial charge in [0.2, 0.25) is 0 Å². The highest BCUT2D eigenvalue weighted by molar-refractivity contribution is 6.35. The Labute approximate surface area is 161 Å². The average Bonchev–Trinajstić information content (AvgIpc) is 2.61. The molecular formula is C18H18Cl2N4O2. The number of benzene rings is 1. The van der Waals surface area contributed by atoms with Crippen molar-refractivity contribution in [1.29, 1.82) is 0 Å². The fraction of sp³-hybridized carbons (Fsp3) is 0.278. The summed E-state index contributed by atoms with van der Waals surface area (Å²) in [5.74, 6) is -0.531. The van der Waals surface area contributed by atoms with Gasteiger partial charge in [0, 0.05) is 53.7 Å². The van der Waals surface area contributed by atoms with E-state index in [1.807, 2.05) is 7.05 Å². The number of nitrogens with zero attached hydrogens (tertiary/aromatic N) is 3. The van der Waals surface area contributed by atoms with Crippen LogP contribution in [0.3, 0.4) is 0 Å². The van der Waals surface area contributed by atoms with Crippen LogP contribution in [-0.2, 0) is 0 Å². The number of aromatic nitrogens is 1. The van der Waals surface area contributed by atoms with E-state index in [4.69, 9.17) is 23.2 Å². The van der Waals surface area contributed by atoms with Gasteiger partial charge in [0.15, 0.2) is 0 Å². The summed E-state index contributed by atoms with van der Waals surface area (Å²) < 4.78 is 0. The molecule has 136 valence electrons. The van der Waals surface area contributed by atoms with Crippen LogP contribution in [0.5, 0.6) is 0 Å². The Morgan fingerprint density at radius 2 is 1.69 bits per heavy atom. The van der Waals surface area contributed by atoms with Gasteiger partial charge in [0.05, 0.1) is 0 Å². The predicted octanol–water partition coefficient (Wildman–Crippen LogP) is 3.03. The zero-order valence-electron chi connectivity index (χ0n) is 14.2. The lowest BCUT2D eigenvalue weighted by molar-refractivity contribution is 0.0658. The SMILES string of the molecule is CN1CCN(C(=O)c2cc(C(=O)Nc3cc(Cl)cc(Cl)c3)ccn2)CC1. The fourth-order valence-electron chi connectivity index (χ4n) is 2.69. The van der Waals surface area contributed by atoms with Crippen LogP contribution in [0.2, 0.25) is 10.0 Å². The minimum Gasteiger partial charge on any atom is -0.335 e. The second-order valence-electron chi connectivity index (χ2n) is 6.14. The predicted molar refractivity (Wildman–Crippen MR) is 102 cm³/mol. The highest BCUT2D eigenvalue weighted by Gasteiger charge is 2.22. The van der Waals surface area contributed by atoms with E-state index < -0.39 is 0 Å². The molecule has 1 saturated heterocycles. The number of hydrogen-bond acceptors (Lipinski definition) is 4. The van der Waals surface area contributed by atoms with E-state index in [0.29, 0.717) is 34.4 Å². The Morgan fingerprint density at radius 3 is 2.35 bits per heavy atom. The molecule has 2 aromatic rings. The zero-order chi connectivity index (χ0) is 18.7. The summed E-state index contributed by atoms with van der Waals surface area (Å²) in [4.78, 5) is 33.1. The van der Waals surface area contributed by atoms with Gasteiger partial charge >= 0.3 is 0 Å². The second kappa shape index (κ2) is 8.03. The molecule has 0 radical (unpaired) electrons. The van der Waals surface area contributed by atoms with Crippen molar-refractivity contribution in [3.63, 3.8) is 0 Å². The Hall–Kier alpha value is -2.15. The molecule has 8 heteroatoms. The van der Waals surface area contributed by atoms with E-state index in [-0.39, 0.29) is 17.5 Å². The Bertz CT molecular complexity index is 815. The van der Waals surface area contributed by atoms with E-state index in [9.17, 15) is 9.59 Å². The van der Waals surface area contributed by atoms with Gasteiger partial charge in [-0.15, -0.1) is 0 Å². The molecular weight excluding hydrogens is 375 g/mol. The van der Waals surface area contributed by atoms with Crippen LogP contribution in [-0.4, -0.2) is 59.8 Å². The molecule has 0 atom stereocenters.